The molecule has 0 spiro atoms. The molecule has 0 saturated carbocycles. The molecule has 0 aromatic carbocycles. The molecule has 41 heavy (non-hydrogen) atoms. The Kier molecular flexibility index (Phi) is 9.76. The van der Waals surface area contributed by atoms with Crippen molar-refractivity contribution in [2.75, 3.05) is 45.9 Å². The molecule has 2 fully saturated rings. The number of pyridine rings is 1. The summed E-state index contributed by atoms with van der Waals surface area (Å²) in [6.45, 7) is 15.0. The molecule has 0 atom stereocenters. The van der Waals surface area contributed by atoms with Crippen molar-refractivity contribution >= 4 is 11.6 Å². The van der Waals surface area contributed by atoms with Gasteiger partial charge in [0.1, 0.15) is 17.0 Å². The van der Waals surface area contributed by atoms with Gasteiger partial charge in [-0.15, -0.1) is 0 Å². The highest BCUT2D eigenvalue weighted by atomic mass is 16.7. The molecule has 5 rings (SSSR count). The number of fused-ring (bicyclic) bond motifs is 1. The molecular weight excluding hydrogens is 516 g/mol. The summed E-state index contributed by atoms with van der Waals surface area (Å²) < 4.78 is 15.0. The van der Waals surface area contributed by atoms with Crippen LogP contribution in [0.2, 0.25) is 0 Å². The highest BCUT2D eigenvalue weighted by Crippen LogP contribution is 2.25. The van der Waals surface area contributed by atoms with Crippen LogP contribution in [-0.2, 0) is 16.0 Å². The number of hydrogen-bond donors (Lipinski definition) is 0. The normalized spacial score (nSPS) is 16.2. The first-order valence-corrected chi connectivity index (χ1v) is 15.2. The quantitative estimate of drug-likeness (QED) is 0.320. The lowest BCUT2D eigenvalue weighted by molar-refractivity contribution is -0.0545. The van der Waals surface area contributed by atoms with Gasteiger partial charge in [0.05, 0.1) is 38.1 Å². The molecule has 9 nitrogen and oxygen atoms in total. The van der Waals surface area contributed by atoms with Gasteiger partial charge in [-0.2, -0.15) is 5.10 Å². The predicted octanol–water partition coefficient (Wildman–Crippen LogP) is 4.55. The van der Waals surface area contributed by atoms with Gasteiger partial charge >= 0.3 is 0 Å². The number of aromatic nitrogens is 4. The average Bonchev–Trinajstić information content (AvgIpc) is 3.76. The molecule has 0 bridgehead atoms. The van der Waals surface area contributed by atoms with E-state index in [0.29, 0.717) is 37.2 Å². The van der Waals surface area contributed by atoms with E-state index in [1.807, 2.05) is 44.7 Å². The van der Waals surface area contributed by atoms with Gasteiger partial charge in [-0.1, -0.05) is 33.6 Å². The zero-order chi connectivity index (χ0) is 28.8. The summed E-state index contributed by atoms with van der Waals surface area (Å²) in [6, 6.07) is 3.82. The highest BCUT2D eigenvalue weighted by molar-refractivity contribution is 5.94. The molecule has 3 aromatic rings. The third-order valence-electron chi connectivity index (χ3n) is 7.75. The number of carbonyl (C=O) groups is 1. The molecule has 5 heterocycles. The van der Waals surface area contributed by atoms with Gasteiger partial charge < -0.3 is 14.4 Å². The summed E-state index contributed by atoms with van der Waals surface area (Å²) in [5.41, 5.74) is 3.83. The van der Waals surface area contributed by atoms with E-state index in [1.54, 1.807) is 0 Å². The lowest BCUT2D eigenvalue weighted by atomic mass is 10.1. The SMILES string of the molecule is CC(C)CCN(CCC(C)C)C(=O)c1ccc2nc(-c3cnn(CC4OCCO4)c3)c(C#CCN3CCCC3)n2c1. The highest BCUT2D eigenvalue weighted by Gasteiger charge is 2.21. The Hall–Kier alpha value is -3.19. The number of likely N-dealkylation sites (tertiary alicyclic amines) is 1. The van der Waals surface area contributed by atoms with Crippen LogP contribution in [0.4, 0.5) is 0 Å². The van der Waals surface area contributed by atoms with E-state index in [-0.39, 0.29) is 12.2 Å². The smallest absolute Gasteiger partial charge is 0.255 e. The van der Waals surface area contributed by atoms with Crippen molar-refractivity contribution in [1.29, 1.82) is 0 Å². The topological polar surface area (TPSA) is 77.1 Å². The number of imidazole rings is 1. The standard InChI is InChI=1S/C32H44N6O3/c1-24(2)11-16-36(17-12-25(3)4)32(39)26-9-10-29-34-31(27-20-33-37(21-27)23-30-40-18-19-41-30)28(38(29)22-26)8-7-15-35-13-5-6-14-35/h9-10,20-22,24-25,30H,5-6,11-19,23H2,1-4H3. The van der Waals surface area contributed by atoms with Crippen LogP contribution in [0.15, 0.2) is 30.7 Å². The maximum Gasteiger partial charge on any atom is 0.255 e. The van der Waals surface area contributed by atoms with Crippen LogP contribution in [0.1, 0.15) is 69.4 Å². The summed E-state index contributed by atoms with van der Waals surface area (Å²) in [4.78, 5) is 23.1. The lowest BCUT2D eigenvalue weighted by Crippen LogP contribution is -2.34. The monoisotopic (exact) mass is 560 g/mol. The number of carbonyl (C=O) groups excluding carboxylic acids is 1. The fraction of sp³-hybridized carbons (Fsp3) is 0.594. The van der Waals surface area contributed by atoms with Gasteiger partial charge in [-0.3, -0.25) is 18.8 Å². The second-order valence-electron chi connectivity index (χ2n) is 12.0. The van der Waals surface area contributed by atoms with Crippen LogP contribution >= 0.6 is 0 Å². The molecule has 2 saturated heterocycles. The molecule has 0 N–H and O–H groups in total. The first-order chi connectivity index (χ1) is 19.9. The molecule has 0 unspecified atom stereocenters. The Morgan fingerprint density at radius 1 is 1.05 bits per heavy atom. The van der Waals surface area contributed by atoms with E-state index < -0.39 is 0 Å². The van der Waals surface area contributed by atoms with Gasteiger partial charge in [0.25, 0.3) is 5.91 Å². The van der Waals surface area contributed by atoms with Gasteiger partial charge in [-0.05, 0) is 68.7 Å². The summed E-state index contributed by atoms with van der Waals surface area (Å²) in [5.74, 6) is 7.93. The van der Waals surface area contributed by atoms with Crippen molar-refractivity contribution in [3.63, 3.8) is 0 Å². The zero-order valence-electron chi connectivity index (χ0n) is 25.0. The molecule has 0 radical (unpaired) electrons. The van der Waals surface area contributed by atoms with Crippen molar-refractivity contribution in [2.45, 2.75) is 66.2 Å². The second-order valence-corrected chi connectivity index (χ2v) is 12.0. The van der Waals surface area contributed by atoms with Crippen molar-refractivity contribution < 1.29 is 14.3 Å². The summed E-state index contributed by atoms with van der Waals surface area (Å²) in [7, 11) is 0. The molecule has 1 amide bonds. The Morgan fingerprint density at radius 3 is 2.44 bits per heavy atom. The van der Waals surface area contributed by atoms with E-state index in [2.05, 4.69) is 49.5 Å². The molecule has 3 aromatic heterocycles. The summed E-state index contributed by atoms with van der Waals surface area (Å²) in [6.07, 6.45) is 9.82. The Bertz CT molecular complexity index is 1360. The van der Waals surface area contributed by atoms with E-state index in [0.717, 1.165) is 68.2 Å². The fourth-order valence-electron chi connectivity index (χ4n) is 5.24. The minimum absolute atomic E-state index is 0.0591. The minimum atomic E-state index is -0.286. The van der Waals surface area contributed by atoms with E-state index >= 15 is 0 Å². The fourth-order valence-corrected chi connectivity index (χ4v) is 5.24. The summed E-state index contributed by atoms with van der Waals surface area (Å²) in [5, 5.41) is 4.54. The molecule has 0 aliphatic carbocycles. The average molecular weight is 561 g/mol. The zero-order valence-corrected chi connectivity index (χ0v) is 25.0. The minimum Gasteiger partial charge on any atom is -0.348 e. The molecule has 2 aliphatic rings. The lowest BCUT2D eigenvalue weighted by Gasteiger charge is -2.24. The maximum atomic E-state index is 13.8. The largest absolute Gasteiger partial charge is 0.348 e. The third kappa shape index (κ3) is 7.56. The Labute approximate surface area is 243 Å². The van der Waals surface area contributed by atoms with E-state index in [1.165, 1.54) is 12.8 Å². The second kappa shape index (κ2) is 13.6. The van der Waals surface area contributed by atoms with Crippen molar-refractivity contribution in [3.05, 3.63) is 42.0 Å². The molecule has 220 valence electrons. The maximum absolute atomic E-state index is 13.8. The molecule has 9 heteroatoms. The van der Waals surface area contributed by atoms with E-state index in [9.17, 15) is 4.79 Å². The number of ether oxygens (including phenoxy) is 2. The third-order valence-corrected chi connectivity index (χ3v) is 7.75. The summed E-state index contributed by atoms with van der Waals surface area (Å²) >= 11 is 0. The van der Waals surface area contributed by atoms with Crippen molar-refractivity contribution in [2.24, 2.45) is 11.8 Å². The number of amides is 1. The number of nitrogens with zero attached hydrogens (tertiary/aromatic N) is 6. The molecular formula is C32H44N6O3. The van der Waals surface area contributed by atoms with Gasteiger partial charge in [0, 0.05) is 31.0 Å². The first-order valence-electron chi connectivity index (χ1n) is 15.2. The van der Waals surface area contributed by atoms with Crippen LogP contribution in [0.3, 0.4) is 0 Å². The van der Waals surface area contributed by atoms with Crippen LogP contribution in [0.5, 0.6) is 0 Å². The van der Waals surface area contributed by atoms with Crippen molar-refractivity contribution in [1.82, 2.24) is 29.0 Å². The van der Waals surface area contributed by atoms with Crippen LogP contribution in [0.25, 0.3) is 16.9 Å². The van der Waals surface area contributed by atoms with Crippen LogP contribution < -0.4 is 0 Å². The van der Waals surface area contributed by atoms with Gasteiger partial charge in [0.2, 0.25) is 0 Å². The van der Waals surface area contributed by atoms with E-state index in [4.69, 9.17) is 14.5 Å². The Morgan fingerprint density at radius 2 is 1.76 bits per heavy atom. The van der Waals surface area contributed by atoms with Gasteiger partial charge in [0.15, 0.2) is 6.29 Å². The van der Waals surface area contributed by atoms with Crippen LogP contribution in [-0.4, -0.2) is 87.1 Å². The predicted molar refractivity (Wildman–Crippen MR) is 159 cm³/mol. The molecule has 2 aliphatic heterocycles. The van der Waals surface area contributed by atoms with Gasteiger partial charge in [-0.25, -0.2) is 4.98 Å². The number of hydrogen-bond acceptors (Lipinski definition) is 6. The first kappa shape index (κ1) is 29.3. The number of rotatable bonds is 11. The Balaban J connectivity index is 1.47. The van der Waals surface area contributed by atoms with Crippen molar-refractivity contribution in [3.8, 4) is 23.1 Å². The van der Waals surface area contributed by atoms with Crippen LogP contribution in [0, 0.1) is 23.7 Å².